The Morgan fingerprint density at radius 3 is 2.50 bits per heavy atom. The third kappa shape index (κ3) is 3.00. The van der Waals surface area contributed by atoms with Crippen LogP contribution in [0.5, 0.6) is 0 Å². The molecule has 2 rings (SSSR count). The van der Waals surface area contributed by atoms with Gasteiger partial charge in [0.2, 0.25) is 0 Å². The molecule has 1 N–H and O–H groups in total. The molecule has 0 aliphatic carbocycles. The van der Waals surface area contributed by atoms with E-state index in [2.05, 4.69) is 21.0 Å². The minimum Gasteiger partial charge on any atom is -0.385 e. The number of hydrogen-bond donors (Lipinski definition) is 1. The average molecular weight is 309 g/mol. The summed E-state index contributed by atoms with van der Waals surface area (Å²) in [7, 11) is 1.92. The summed E-state index contributed by atoms with van der Waals surface area (Å²) in [5.41, 5.74) is 1.26. The third-order valence-electron chi connectivity index (χ3n) is 3.26. The van der Waals surface area contributed by atoms with Crippen LogP contribution in [0.15, 0.2) is 41.0 Å². The van der Waals surface area contributed by atoms with Gasteiger partial charge < -0.3 is 5.11 Å². The number of aromatic nitrogens is 2. The fourth-order valence-corrected chi connectivity index (χ4v) is 2.24. The molecule has 1 unspecified atom stereocenters. The Labute approximate surface area is 116 Å². The molecule has 0 saturated carbocycles. The number of benzene rings is 1. The molecule has 0 amide bonds. The van der Waals surface area contributed by atoms with Crippen molar-refractivity contribution >= 4 is 15.9 Å². The topological polar surface area (TPSA) is 38.0 Å². The van der Waals surface area contributed by atoms with Gasteiger partial charge in [-0.15, -0.1) is 0 Å². The molecular weight excluding hydrogens is 292 g/mol. The first-order valence-electron chi connectivity index (χ1n) is 5.94. The zero-order valence-electron chi connectivity index (χ0n) is 10.6. The van der Waals surface area contributed by atoms with Crippen molar-refractivity contribution in [3.63, 3.8) is 0 Å². The lowest BCUT2D eigenvalue weighted by Crippen LogP contribution is -2.22. The van der Waals surface area contributed by atoms with Gasteiger partial charge in [-0.05, 0) is 43.5 Å². The van der Waals surface area contributed by atoms with Crippen LogP contribution in [0.25, 0.3) is 0 Å². The highest BCUT2D eigenvalue weighted by molar-refractivity contribution is 9.10. The number of rotatable bonds is 4. The highest BCUT2D eigenvalue weighted by Crippen LogP contribution is 2.27. The summed E-state index contributed by atoms with van der Waals surface area (Å²) in [6.45, 7) is 1.85. The molecule has 1 heterocycles. The van der Waals surface area contributed by atoms with Gasteiger partial charge in [-0.25, -0.2) is 0 Å². The van der Waals surface area contributed by atoms with E-state index in [1.165, 1.54) is 0 Å². The first kappa shape index (κ1) is 13.3. The Bertz CT molecular complexity index is 517. The fourth-order valence-electron chi connectivity index (χ4n) is 1.97. The van der Waals surface area contributed by atoms with E-state index in [4.69, 9.17) is 0 Å². The highest BCUT2D eigenvalue weighted by atomic mass is 79.9. The second kappa shape index (κ2) is 5.24. The molecule has 0 fully saturated rings. The molecule has 0 spiro atoms. The van der Waals surface area contributed by atoms with Crippen molar-refractivity contribution in [1.29, 1.82) is 0 Å². The maximum Gasteiger partial charge on any atom is 0.0872 e. The number of aryl methyl sites for hydroxylation is 2. The monoisotopic (exact) mass is 308 g/mol. The first-order valence-corrected chi connectivity index (χ1v) is 6.74. The summed E-state index contributed by atoms with van der Waals surface area (Å²) in [6, 6.07) is 9.79. The van der Waals surface area contributed by atoms with Crippen LogP contribution in [0, 0.1) is 0 Å². The lowest BCUT2D eigenvalue weighted by Gasteiger charge is -2.24. The maximum absolute atomic E-state index is 10.5. The molecule has 1 atom stereocenters. The summed E-state index contributed by atoms with van der Waals surface area (Å²) in [6.07, 6.45) is 3.26. The van der Waals surface area contributed by atoms with E-state index in [1.807, 2.05) is 49.0 Å². The SMILES string of the molecule is Cn1nccc1CCC(C)(O)c1ccc(Br)cc1. The number of nitrogens with zero attached hydrogens (tertiary/aromatic N) is 2. The van der Waals surface area contributed by atoms with Crippen LogP contribution in [0.3, 0.4) is 0 Å². The minimum absolute atomic E-state index is 0.675. The molecule has 0 aliphatic rings. The van der Waals surface area contributed by atoms with Crippen molar-refractivity contribution in [2.75, 3.05) is 0 Å². The van der Waals surface area contributed by atoms with Crippen molar-refractivity contribution in [3.05, 3.63) is 52.3 Å². The molecule has 0 saturated heterocycles. The number of halogens is 1. The predicted octanol–water partition coefficient (Wildman–Crippen LogP) is 3.02. The van der Waals surface area contributed by atoms with E-state index in [0.717, 1.165) is 22.2 Å². The van der Waals surface area contributed by atoms with Gasteiger partial charge in [0.05, 0.1) is 5.60 Å². The second-order valence-electron chi connectivity index (χ2n) is 4.73. The fraction of sp³-hybridized carbons (Fsp3) is 0.357. The smallest absolute Gasteiger partial charge is 0.0872 e. The molecule has 0 radical (unpaired) electrons. The van der Waals surface area contributed by atoms with Gasteiger partial charge in [0.15, 0.2) is 0 Å². The van der Waals surface area contributed by atoms with Crippen molar-refractivity contribution in [2.24, 2.45) is 7.05 Å². The van der Waals surface area contributed by atoms with Gasteiger partial charge in [-0.2, -0.15) is 5.10 Å². The van der Waals surface area contributed by atoms with E-state index >= 15 is 0 Å². The van der Waals surface area contributed by atoms with E-state index < -0.39 is 5.60 Å². The number of hydrogen-bond acceptors (Lipinski definition) is 2. The molecule has 3 nitrogen and oxygen atoms in total. The largest absolute Gasteiger partial charge is 0.385 e. The van der Waals surface area contributed by atoms with Gasteiger partial charge in [0.1, 0.15) is 0 Å². The molecule has 96 valence electrons. The lowest BCUT2D eigenvalue weighted by atomic mass is 9.90. The number of aliphatic hydroxyl groups is 1. The zero-order chi connectivity index (χ0) is 13.2. The van der Waals surface area contributed by atoms with Crippen molar-refractivity contribution < 1.29 is 5.11 Å². The summed E-state index contributed by atoms with van der Waals surface area (Å²) >= 11 is 3.40. The Morgan fingerprint density at radius 1 is 1.28 bits per heavy atom. The van der Waals surface area contributed by atoms with Gasteiger partial charge >= 0.3 is 0 Å². The summed E-state index contributed by atoms with van der Waals surface area (Å²) < 4.78 is 2.87. The molecule has 0 aliphatic heterocycles. The molecule has 0 bridgehead atoms. The van der Waals surface area contributed by atoms with E-state index in [1.54, 1.807) is 6.20 Å². The quantitative estimate of drug-likeness (QED) is 0.943. The van der Waals surface area contributed by atoms with Crippen LogP contribution >= 0.6 is 15.9 Å². The molecule has 1 aromatic carbocycles. The minimum atomic E-state index is -0.815. The molecule has 4 heteroatoms. The predicted molar refractivity (Wildman–Crippen MR) is 75.2 cm³/mol. The van der Waals surface area contributed by atoms with Gasteiger partial charge in [-0.3, -0.25) is 4.68 Å². The van der Waals surface area contributed by atoms with Crippen LogP contribution < -0.4 is 0 Å². The Hall–Kier alpha value is -1.13. The van der Waals surface area contributed by atoms with E-state index in [0.29, 0.717) is 6.42 Å². The summed E-state index contributed by atoms with van der Waals surface area (Å²) in [4.78, 5) is 0. The summed E-state index contributed by atoms with van der Waals surface area (Å²) in [5, 5.41) is 14.7. The molecule has 2 aromatic rings. The van der Waals surface area contributed by atoms with Gasteiger partial charge in [-0.1, -0.05) is 28.1 Å². The van der Waals surface area contributed by atoms with Crippen LogP contribution in [0.1, 0.15) is 24.6 Å². The van der Waals surface area contributed by atoms with Crippen LogP contribution in [-0.4, -0.2) is 14.9 Å². The van der Waals surface area contributed by atoms with Crippen LogP contribution in [-0.2, 0) is 19.1 Å². The van der Waals surface area contributed by atoms with Crippen LogP contribution in [0.4, 0.5) is 0 Å². The zero-order valence-corrected chi connectivity index (χ0v) is 12.2. The summed E-state index contributed by atoms with van der Waals surface area (Å²) in [5.74, 6) is 0. The van der Waals surface area contributed by atoms with Crippen molar-refractivity contribution in [2.45, 2.75) is 25.4 Å². The molecule has 1 aromatic heterocycles. The van der Waals surface area contributed by atoms with E-state index in [-0.39, 0.29) is 0 Å². The molecular formula is C14H17BrN2O. The Kier molecular flexibility index (Phi) is 3.88. The molecule has 18 heavy (non-hydrogen) atoms. The highest BCUT2D eigenvalue weighted by Gasteiger charge is 2.23. The van der Waals surface area contributed by atoms with Gasteiger partial charge in [0, 0.05) is 23.4 Å². The third-order valence-corrected chi connectivity index (χ3v) is 3.79. The lowest BCUT2D eigenvalue weighted by molar-refractivity contribution is 0.0475. The Morgan fingerprint density at radius 2 is 1.94 bits per heavy atom. The normalized spacial score (nSPS) is 14.4. The van der Waals surface area contributed by atoms with Crippen LogP contribution in [0.2, 0.25) is 0 Å². The van der Waals surface area contributed by atoms with Gasteiger partial charge in [0.25, 0.3) is 0 Å². The van der Waals surface area contributed by atoms with E-state index in [9.17, 15) is 5.11 Å². The average Bonchev–Trinajstić information content (AvgIpc) is 2.73. The first-order chi connectivity index (χ1) is 8.49. The maximum atomic E-state index is 10.5. The second-order valence-corrected chi connectivity index (χ2v) is 5.64. The standard InChI is InChI=1S/C14H17BrN2O/c1-14(18,11-3-5-12(15)6-4-11)9-7-13-8-10-16-17(13)2/h3-6,8,10,18H,7,9H2,1-2H3. The Balaban J connectivity index is 2.07. The van der Waals surface area contributed by atoms with Crippen molar-refractivity contribution in [3.8, 4) is 0 Å². The van der Waals surface area contributed by atoms with Crippen molar-refractivity contribution in [1.82, 2.24) is 9.78 Å².